The molecule has 72 valence electrons. The summed E-state index contributed by atoms with van der Waals surface area (Å²) in [5, 5.41) is 13.1. The number of hydrogen-bond acceptors (Lipinski definition) is 5. The van der Waals surface area contributed by atoms with Crippen molar-refractivity contribution < 1.29 is 0 Å². The van der Waals surface area contributed by atoms with Crippen LogP contribution in [0.4, 0.5) is 0 Å². The summed E-state index contributed by atoms with van der Waals surface area (Å²) in [7, 11) is 0. The zero-order valence-electron chi connectivity index (χ0n) is 7.10. The molecule has 0 aliphatic carbocycles. The normalized spacial score (nSPS) is 10.3. The van der Waals surface area contributed by atoms with Crippen LogP contribution < -0.4 is 5.73 Å². The number of nitrogens with two attached hydrogens (primary N) is 1. The van der Waals surface area contributed by atoms with Crippen LogP contribution in [0.1, 0.15) is 10.8 Å². The molecule has 0 aliphatic heterocycles. The summed E-state index contributed by atoms with van der Waals surface area (Å²) in [6, 6.07) is 0. The van der Waals surface area contributed by atoms with E-state index < -0.39 is 0 Å². The highest BCUT2D eigenvalue weighted by atomic mass is 35.5. The van der Waals surface area contributed by atoms with E-state index in [-0.39, 0.29) is 12.4 Å². The molecule has 0 spiro atoms. The first kappa shape index (κ1) is 10.4. The Hall–Kier alpha value is -0.720. The monoisotopic (exact) mass is 219 g/mol. The summed E-state index contributed by atoms with van der Waals surface area (Å²) < 4.78 is 1.75. The zero-order chi connectivity index (χ0) is 8.55. The molecule has 2 aromatic rings. The first-order chi connectivity index (χ1) is 5.81. The van der Waals surface area contributed by atoms with Crippen LogP contribution in [-0.2, 0) is 6.42 Å². The van der Waals surface area contributed by atoms with Crippen LogP contribution in [0.5, 0.6) is 0 Å². The molecule has 0 unspecified atom stereocenters. The Morgan fingerprint density at radius 3 is 2.85 bits per heavy atom. The van der Waals surface area contributed by atoms with Gasteiger partial charge in [0.25, 0.3) is 0 Å². The number of aryl methyl sites for hydroxylation is 1. The maximum atomic E-state index is 5.41. The van der Waals surface area contributed by atoms with E-state index in [1.54, 1.807) is 15.9 Å². The predicted octanol–water partition coefficient (Wildman–Crippen LogP) is 0.417. The SMILES string of the molecule is Cc1nnc2sc(CCN)nn12.Cl. The predicted molar refractivity (Wildman–Crippen MR) is 53.4 cm³/mol. The number of rotatable bonds is 2. The van der Waals surface area contributed by atoms with Crippen LogP contribution in [0.3, 0.4) is 0 Å². The van der Waals surface area contributed by atoms with Gasteiger partial charge in [0.05, 0.1) is 0 Å². The fraction of sp³-hybridized carbons (Fsp3) is 0.500. The molecule has 0 amide bonds. The van der Waals surface area contributed by atoms with Crippen LogP contribution in [0.2, 0.25) is 0 Å². The van der Waals surface area contributed by atoms with E-state index in [2.05, 4.69) is 15.3 Å². The van der Waals surface area contributed by atoms with Gasteiger partial charge in [-0.15, -0.1) is 22.6 Å². The lowest BCUT2D eigenvalue weighted by molar-refractivity contribution is 0.837. The second kappa shape index (κ2) is 3.99. The molecule has 5 nitrogen and oxygen atoms in total. The largest absolute Gasteiger partial charge is 0.330 e. The second-order valence-corrected chi connectivity index (χ2v) is 3.52. The molecule has 0 aromatic carbocycles. The molecule has 13 heavy (non-hydrogen) atoms. The van der Waals surface area contributed by atoms with Crippen molar-refractivity contribution in [3.63, 3.8) is 0 Å². The van der Waals surface area contributed by atoms with E-state index in [4.69, 9.17) is 5.73 Å². The highest BCUT2D eigenvalue weighted by Crippen LogP contribution is 2.13. The molecule has 7 heteroatoms. The molecule has 2 rings (SSSR count). The Balaban J connectivity index is 0.000000845. The molecule has 0 radical (unpaired) electrons. The summed E-state index contributed by atoms with van der Waals surface area (Å²) in [6.07, 6.45) is 0.813. The van der Waals surface area contributed by atoms with Gasteiger partial charge in [-0.2, -0.15) is 9.61 Å². The van der Waals surface area contributed by atoms with E-state index >= 15 is 0 Å². The van der Waals surface area contributed by atoms with Gasteiger partial charge in [-0.3, -0.25) is 0 Å². The van der Waals surface area contributed by atoms with Crippen molar-refractivity contribution >= 4 is 28.7 Å². The average molecular weight is 220 g/mol. The minimum atomic E-state index is 0. The first-order valence-electron chi connectivity index (χ1n) is 3.69. The lowest BCUT2D eigenvalue weighted by Gasteiger charge is -1.86. The van der Waals surface area contributed by atoms with Crippen LogP contribution in [0, 0.1) is 6.92 Å². The minimum absolute atomic E-state index is 0. The van der Waals surface area contributed by atoms with Gasteiger partial charge in [0.1, 0.15) is 5.01 Å². The Labute approximate surface area is 85.4 Å². The van der Waals surface area contributed by atoms with E-state index in [9.17, 15) is 0 Å². The van der Waals surface area contributed by atoms with E-state index in [1.165, 1.54) is 0 Å². The van der Waals surface area contributed by atoms with Gasteiger partial charge in [-0.1, -0.05) is 11.3 Å². The third kappa shape index (κ3) is 1.79. The summed E-state index contributed by atoms with van der Waals surface area (Å²) in [6.45, 7) is 2.51. The number of fused-ring (bicyclic) bond motifs is 1. The van der Waals surface area contributed by atoms with Gasteiger partial charge in [0.15, 0.2) is 5.82 Å². The second-order valence-electron chi connectivity index (χ2n) is 2.48. The lowest BCUT2D eigenvalue weighted by atomic mass is 10.5. The molecule has 0 saturated heterocycles. The van der Waals surface area contributed by atoms with E-state index in [0.29, 0.717) is 6.54 Å². The Morgan fingerprint density at radius 2 is 2.23 bits per heavy atom. The standard InChI is InChI=1S/C6H9N5S.ClH/c1-4-8-9-6-11(4)10-5(12-6)2-3-7;/h2-3,7H2,1H3;1H. The number of nitrogens with zero attached hydrogens (tertiary/aromatic N) is 4. The van der Waals surface area contributed by atoms with Gasteiger partial charge < -0.3 is 5.73 Å². The van der Waals surface area contributed by atoms with Crippen molar-refractivity contribution in [3.8, 4) is 0 Å². The number of halogens is 1. The molecule has 2 N–H and O–H groups in total. The molecule has 2 heterocycles. The molecular weight excluding hydrogens is 210 g/mol. The van der Waals surface area contributed by atoms with Crippen molar-refractivity contribution in [2.75, 3.05) is 6.54 Å². The minimum Gasteiger partial charge on any atom is -0.330 e. The summed E-state index contributed by atoms with van der Waals surface area (Å²) >= 11 is 1.54. The van der Waals surface area contributed by atoms with Crippen LogP contribution in [0.15, 0.2) is 0 Å². The lowest BCUT2D eigenvalue weighted by Crippen LogP contribution is -2.02. The first-order valence-corrected chi connectivity index (χ1v) is 4.50. The van der Waals surface area contributed by atoms with Crippen molar-refractivity contribution in [1.82, 2.24) is 19.8 Å². The van der Waals surface area contributed by atoms with Crippen LogP contribution >= 0.6 is 23.7 Å². The van der Waals surface area contributed by atoms with Crippen molar-refractivity contribution in [1.29, 1.82) is 0 Å². The van der Waals surface area contributed by atoms with Gasteiger partial charge in [-0.05, 0) is 13.5 Å². The van der Waals surface area contributed by atoms with Gasteiger partial charge in [0.2, 0.25) is 4.96 Å². The molecule has 0 atom stereocenters. The smallest absolute Gasteiger partial charge is 0.234 e. The number of aromatic nitrogens is 4. The summed E-state index contributed by atoms with van der Waals surface area (Å²) in [5.74, 6) is 0.824. The van der Waals surface area contributed by atoms with Crippen LogP contribution in [0.25, 0.3) is 4.96 Å². The van der Waals surface area contributed by atoms with Gasteiger partial charge in [-0.25, -0.2) is 0 Å². The van der Waals surface area contributed by atoms with Crippen molar-refractivity contribution in [3.05, 3.63) is 10.8 Å². The maximum Gasteiger partial charge on any atom is 0.234 e. The molecule has 2 aromatic heterocycles. The molecular formula is C6H10ClN5S. The fourth-order valence-electron chi connectivity index (χ4n) is 0.979. The maximum absolute atomic E-state index is 5.41. The topological polar surface area (TPSA) is 69.1 Å². The third-order valence-electron chi connectivity index (χ3n) is 1.55. The molecule has 0 saturated carbocycles. The average Bonchev–Trinajstić information content (AvgIpc) is 2.55. The number of hydrogen-bond donors (Lipinski definition) is 1. The van der Waals surface area contributed by atoms with Crippen molar-refractivity contribution in [2.45, 2.75) is 13.3 Å². The van der Waals surface area contributed by atoms with Gasteiger partial charge in [0, 0.05) is 6.42 Å². The Bertz CT molecular complexity index is 395. The summed E-state index contributed by atoms with van der Waals surface area (Å²) in [5.41, 5.74) is 5.41. The molecule has 0 fully saturated rings. The summed E-state index contributed by atoms with van der Waals surface area (Å²) in [4.78, 5) is 0.843. The van der Waals surface area contributed by atoms with Crippen molar-refractivity contribution in [2.24, 2.45) is 5.73 Å². The molecule has 0 bridgehead atoms. The van der Waals surface area contributed by atoms with Crippen LogP contribution in [-0.4, -0.2) is 26.4 Å². The van der Waals surface area contributed by atoms with E-state index in [0.717, 1.165) is 22.2 Å². The Morgan fingerprint density at radius 1 is 1.46 bits per heavy atom. The highest BCUT2D eigenvalue weighted by molar-refractivity contribution is 7.16. The molecule has 0 aliphatic rings. The van der Waals surface area contributed by atoms with E-state index in [1.807, 2.05) is 6.92 Å². The quantitative estimate of drug-likeness (QED) is 0.795. The van der Waals surface area contributed by atoms with Gasteiger partial charge >= 0.3 is 0 Å². The third-order valence-corrected chi connectivity index (χ3v) is 2.51. The Kier molecular flexibility index (Phi) is 3.18. The zero-order valence-corrected chi connectivity index (χ0v) is 8.73. The fourth-order valence-corrected chi connectivity index (χ4v) is 1.87. The highest BCUT2D eigenvalue weighted by Gasteiger charge is 2.06.